The van der Waals surface area contributed by atoms with Gasteiger partial charge in [-0.3, -0.25) is 0 Å². The molecule has 0 fully saturated rings. The van der Waals surface area contributed by atoms with Gasteiger partial charge < -0.3 is 15.5 Å². The van der Waals surface area contributed by atoms with E-state index in [4.69, 9.17) is 16.7 Å². The molecule has 2 atom stereocenters. The summed E-state index contributed by atoms with van der Waals surface area (Å²) >= 11 is 5.96. The lowest BCUT2D eigenvalue weighted by Crippen LogP contribution is -2.32. The lowest BCUT2D eigenvalue weighted by atomic mass is 10.1. The van der Waals surface area contributed by atoms with E-state index in [1.54, 1.807) is 42.5 Å². The highest BCUT2D eigenvalue weighted by molar-refractivity contribution is 7.91. The lowest BCUT2D eigenvalue weighted by molar-refractivity contribution is 0.0696. The minimum atomic E-state index is -3.73. The number of hydrogen-bond donors (Lipinski definition) is 3. The fourth-order valence-electron chi connectivity index (χ4n) is 3.29. The summed E-state index contributed by atoms with van der Waals surface area (Å²) in [6.07, 6.45) is -0.0354. The van der Waals surface area contributed by atoms with Crippen molar-refractivity contribution in [3.8, 4) is 0 Å². The molecule has 0 aliphatic rings. The summed E-state index contributed by atoms with van der Waals surface area (Å²) in [5.41, 5.74) is 1.71. The molecule has 0 amide bonds. The van der Waals surface area contributed by atoms with Gasteiger partial charge in [-0.25, -0.2) is 13.2 Å². The van der Waals surface area contributed by atoms with Crippen LogP contribution in [0.15, 0.2) is 82.6 Å². The van der Waals surface area contributed by atoms with Crippen LogP contribution in [0.3, 0.4) is 0 Å². The summed E-state index contributed by atoms with van der Waals surface area (Å²) in [6.45, 7) is 2.35. The third-order valence-electron chi connectivity index (χ3n) is 5.08. The normalized spacial score (nSPS) is 13.5. The number of sulfone groups is 1. The average molecular weight is 474 g/mol. The van der Waals surface area contributed by atoms with Crippen molar-refractivity contribution in [2.75, 3.05) is 6.54 Å². The first-order valence-electron chi connectivity index (χ1n) is 10.0. The Morgan fingerprint density at radius 2 is 1.59 bits per heavy atom. The predicted molar refractivity (Wildman–Crippen MR) is 123 cm³/mol. The van der Waals surface area contributed by atoms with Crippen molar-refractivity contribution in [2.24, 2.45) is 0 Å². The monoisotopic (exact) mass is 473 g/mol. The molecule has 0 heterocycles. The molecule has 3 aromatic rings. The van der Waals surface area contributed by atoms with Crippen LogP contribution >= 0.6 is 11.6 Å². The van der Waals surface area contributed by atoms with Gasteiger partial charge in [0.25, 0.3) is 0 Å². The molecule has 3 N–H and O–H groups in total. The molecular weight excluding hydrogens is 450 g/mol. The lowest BCUT2D eigenvalue weighted by Gasteiger charge is -2.18. The number of aromatic carboxylic acids is 1. The first-order valence-corrected chi connectivity index (χ1v) is 11.9. The molecule has 0 saturated heterocycles. The molecule has 0 aliphatic carbocycles. The zero-order chi connectivity index (χ0) is 23.3. The number of hydrogen-bond acceptors (Lipinski definition) is 5. The molecule has 3 rings (SSSR count). The predicted octanol–water partition coefficient (Wildman–Crippen LogP) is 4.13. The molecule has 0 bridgehead atoms. The molecule has 0 radical (unpaired) electrons. The number of carboxylic acid groups (broad SMARTS) is 1. The summed E-state index contributed by atoms with van der Waals surface area (Å²) in [5, 5.41) is 23.1. The van der Waals surface area contributed by atoms with E-state index in [1.807, 2.05) is 13.0 Å². The first kappa shape index (κ1) is 23.9. The van der Waals surface area contributed by atoms with Crippen LogP contribution in [0.4, 0.5) is 0 Å². The highest BCUT2D eigenvalue weighted by Gasteiger charge is 2.18. The highest BCUT2D eigenvalue weighted by Crippen LogP contribution is 2.22. The van der Waals surface area contributed by atoms with Crippen LogP contribution in [0.1, 0.15) is 34.5 Å². The van der Waals surface area contributed by atoms with Crippen LogP contribution in [0.2, 0.25) is 5.02 Å². The van der Waals surface area contributed by atoms with Crippen molar-refractivity contribution in [1.29, 1.82) is 0 Å². The molecule has 6 nitrogen and oxygen atoms in total. The topological polar surface area (TPSA) is 104 Å². The molecule has 32 heavy (non-hydrogen) atoms. The van der Waals surface area contributed by atoms with Crippen molar-refractivity contribution < 1.29 is 23.4 Å². The molecule has 3 aromatic carbocycles. The molecule has 8 heteroatoms. The minimum Gasteiger partial charge on any atom is -0.478 e. The SMILES string of the molecule is C[C@H](Cc1ccc(S(=O)(=O)c2ccc(C(=O)O)cc2)cc1)NC[C@@H](O)c1cccc(Cl)c1. The van der Waals surface area contributed by atoms with Crippen LogP contribution in [0, 0.1) is 0 Å². The minimum absolute atomic E-state index is 0.0289. The summed E-state index contributed by atoms with van der Waals surface area (Å²) in [5.74, 6) is -1.11. The Hall–Kier alpha value is -2.71. The van der Waals surface area contributed by atoms with E-state index in [2.05, 4.69) is 5.32 Å². The summed E-state index contributed by atoms with van der Waals surface area (Å²) in [7, 11) is -3.73. The number of benzene rings is 3. The summed E-state index contributed by atoms with van der Waals surface area (Å²) < 4.78 is 25.6. The molecule has 168 valence electrons. The van der Waals surface area contributed by atoms with Gasteiger partial charge in [0.15, 0.2) is 0 Å². The smallest absolute Gasteiger partial charge is 0.335 e. The number of nitrogens with one attached hydrogen (secondary N) is 1. The van der Waals surface area contributed by atoms with Gasteiger partial charge >= 0.3 is 5.97 Å². The highest BCUT2D eigenvalue weighted by atomic mass is 35.5. The molecule has 0 aromatic heterocycles. The maximum Gasteiger partial charge on any atom is 0.335 e. The van der Waals surface area contributed by atoms with E-state index >= 15 is 0 Å². The third-order valence-corrected chi connectivity index (χ3v) is 7.10. The second-order valence-electron chi connectivity index (χ2n) is 7.56. The third kappa shape index (κ3) is 5.95. The standard InChI is InChI=1S/C24H24ClNO5S/c1-16(26-15-23(27)19-3-2-4-20(25)14-19)13-17-5-9-21(10-6-17)32(30,31)22-11-7-18(8-12-22)24(28)29/h2-12,14,16,23,26-27H,13,15H2,1H3,(H,28,29)/t16-,23-/m1/s1. The van der Waals surface area contributed by atoms with Gasteiger partial charge in [-0.1, -0.05) is 35.9 Å². The number of halogens is 1. The Labute approximate surface area is 192 Å². The van der Waals surface area contributed by atoms with Gasteiger partial charge in [0.1, 0.15) is 0 Å². The van der Waals surface area contributed by atoms with Crippen LogP contribution in [-0.2, 0) is 16.3 Å². The van der Waals surface area contributed by atoms with Gasteiger partial charge in [0.05, 0.1) is 21.5 Å². The summed E-state index contributed by atoms with van der Waals surface area (Å²) in [4.78, 5) is 11.1. The fraction of sp³-hybridized carbons (Fsp3) is 0.208. The van der Waals surface area contributed by atoms with Crippen LogP contribution < -0.4 is 5.32 Å². The Bertz CT molecular complexity index is 1180. The van der Waals surface area contributed by atoms with E-state index < -0.39 is 21.9 Å². The van der Waals surface area contributed by atoms with Crippen LogP contribution in [0.5, 0.6) is 0 Å². The van der Waals surface area contributed by atoms with Crippen molar-refractivity contribution in [3.05, 3.63) is 94.5 Å². The number of aliphatic hydroxyl groups excluding tert-OH is 1. The van der Waals surface area contributed by atoms with Crippen LogP contribution in [0.25, 0.3) is 0 Å². The van der Waals surface area contributed by atoms with Crippen LogP contribution in [-0.4, -0.2) is 37.2 Å². The second-order valence-corrected chi connectivity index (χ2v) is 9.95. The number of carboxylic acids is 1. The zero-order valence-corrected chi connectivity index (χ0v) is 19.0. The van der Waals surface area contributed by atoms with E-state index in [0.717, 1.165) is 11.1 Å². The van der Waals surface area contributed by atoms with Crippen molar-refractivity contribution in [3.63, 3.8) is 0 Å². The molecule has 0 aliphatic heterocycles. The Morgan fingerprint density at radius 1 is 1.00 bits per heavy atom. The molecular formula is C24H24ClNO5S. The largest absolute Gasteiger partial charge is 0.478 e. The van der Waals surface area contributed by atoms with Gasteiger partial charge in [-0.05, 0) is 73.0 Å². The molecule has 0 saturated carbocycles. The van der Waals surface area contributed by atoms with E-state index in [0.29, 0.717) is 18.0 Å². The zero-order valence-electron chi connectivity index (χ0n) is 17.4. The Kier molecular flexibility index (Phi) is 7.69. The van der Waals surface area contributed by atoms with E-state index in [9.17, 15) is 18.3 Å². The van der Waals surface area contributed by atoms with E-state index in [-0.39, 0.29) is 21.4 Å². The number of aliphatic hydroxyl groups is 1. The first-order chi connectivity index (χ1) is 15.2. The maximum absolute atomic E-state index is 12.8. The Balaban J connectivity index is 1.60. The second kappa shape index (κ2) is 10.3. The van der Waals surface area contributed by atoms with Crippen molar-refractivity contribution >= 4 is 27.4 Å². The van der Waals surface area contributed by atoms with Gasteiger partial charge in [-0.2, -0.15) is 0 Å². The van der Waals surface area contributed by atoms with Crippen molar-refractivity contribution in [1.82, 2.24) is 5.32 Å². The number of carbonyl (C=O) groups is 1. The van der Waals surface area contributed by atoms with Gasteiger partial charge in [0, 0.05) is 17.6 Å². The quantitative estimate of drug-likeness (QED) is 0.432. The average Bonchev–Trinajstić information content (AvgIpc) is 2.78. The Morgan fingerprint density at radius 3 is 2.16 bits per heavy atom. The fourth-order valence-corrected chi connectivity index (χ4v) is 4.75. The van der Waals surface area contributed by atoms with Gasteiger partial charge in [0.2, 0.25) is 9.84 Å². The van der Waals surface area contributed by atoms with Gasteiger partial charge in [-0.15, -0.1) is 0 Å². The van der Waals surface area contributed by atoms with E-state index in [1.165, 1.54) is 24.3 Å². The summed E-state index contributed by atoms with van der Waals surface area (Å²) in [6, 6.07) is 18.9. The number of rotatable bonds is 9. The molecule has 0 spiro atoms. The maximum atomic E-state index is 12.8. The van der Waals surface area contributed by atoms with Crippen molar-refractivity contribution in [2.45, 2.75) is 35.3 Å². The molecule has 0 unspecified atom stereocenters.